The lowest BCUT2D eigenvalue weighted by Gasteiger charge is -2.34. The highest BCUT2D eigenvalue weighted by molar-refractivity contribution is 7.01. The van der Waals surface area contributed by atoms with E-state index < -0.39 is 0 Å². The Morgan fingerprint density at radius 3 is 1.41 bits per heavy atom. The summed E-state index contributed by atoms with van der Waals surface area (Å²) >= 11 is 0. The second kappa shape index (κ2) is 11.4. The van der Waals surface area contributed by atoms with Crippen molar-refractivity contribution in [3.05, 3.63) is 180 Å². The Labute approximate surface area is 338 Å². The first kappa shape index (κ1) is 31.8. The average molecular weight is 744 g/mol. The highest BCUT2D eigenvalue weighted by atomic mass is 15.0. The number of nitriles is 2. The second-order valence-electron chi connectivity index (χ2n) is 15.7. The molecule has 2 aliphatic rings. The Morgan fingerprint density at radius 1 is 0.441 bits per heavy atom. The predicted octanol–water partition coefficient (Wildman–Crippen LogP) is 11.0. The zero-order valence-corrected chi connectivity index (χ0v) is 31.3. The summed E-state index contributed by atoms with van der Waals surface area (Å²) in [6.07, 6.45) is 0. The van der Waals surface area contributed by atoms with Crippen LogP contribution in [0.25, 0.3) is 104 Å². The molecule has 11 aromatic rings. The Kier molecular flexibility index (Phi) is 6.13. The van der Waals surface area contributed by atoms with Gasteiger partial charge in [0, 0.05) is 32.9 Å². The molecule has 0 bridgehead atoms. The van der Waals surface area contributed by atoms with Gasteiger partial charge in [-0.15, -0.1) is 0 Å². The van der Waals surface area contributed by atoms with Crippen LogP contribution in [0, 0.1) is 29.2 Å². The number of hydrogen-bond acceptors (Lipinski definition) is 2. The van der Waals surface area contributed by atoms with Crippen molar-refractivity contribution < 1.29 is 0 Å². The zero-order chi connectivity index (χ0) is 39.1. The molecule has 0 aliphatic carbocycles. The standard InChI is InChI=1S/C53H26BN5/c1-57-32-18-22-34(23-19-32)59-46-15-5-3-9-36(46)52-38-11-7-13-44-50(38)40(27-48(52)59)42-25-31(29-56)24-41-39-26-47-51(37-10-6-12-43(49(37)39)54(44)53(41)42)35-8-2-4-14-45(35)58(47)33-20-16-30(28-55)17-21-33/h2-27H. The Morgan fingerprint density at radius 2 is 0.915 bits per heavy atom. The van der Waals surface area contributed by atoms with Gasteiger partial charge < -0.3 is 9.13 Å². The van der Waals surface area contributed by atoms with Crippen molar-refractivity contribution in [1.29, 1.82) is 10.5 Å². The molecule has 0 radical (unpaired) electrons. The molecule has 59 heavy (non-hydrogen) atoms. The molecule has 2 aliphatic heterocycles. The molecule has 6 heteroatoms. The van der Waals surface area contributed by atoms with Crippen LogP contribution in [0.15, 0.2) is 158 Å². The number of fused-ring (bicyclic) bond motifs is 12. The van der Waals surface area contributed by atoms with Gasteiger partial charge in [0.05, 0.1) is 51.9 Å². The lowest BCUT2D eigenvalue weighted by Crippen LogP contribution is -2.57. The topological polar surface area (TPSA) is 61.8 Å². The number of hydrogen-bond donors (Lipinski definition) is 0. The fourth-order valence-corrected chi connectivity index (χ4v) is 10.7. The van der Waals surface area contributed by atoms with Crippen LogP contribution in [0.2, 0.25) is 0 Å². The van der Waals surface area contributed by atoms with E-state index in [9.17, 15) is 10.5 Å². The average Bonchev–Trinajstić information content (AvgIpc) is 3.81. The molecule has 0 unspecified atom stereocenters. The molecule has 9 aromatic carbocycles. The monoisotopic (exact) mass is 743 g/mol. The lowest BCUT2D eigenvalue weighted by molar-refractivity contribution is 1.18. The third kappa shape index (κ3) is 4.01. The van der Waals surface area contributed by atoms with Gasteiger partial charge in [-0.25, -0.2) is 4.85 Å². The van der Waals surface area contributed by atoms with Gasteiger partial charge in [-0.05, 0) is 117 Å². The molecule has 0 spiro atoms. The van der Waals surface area contributed by atoms with Gasteiger partial charge >= 0.3 is 0 Å². The fourth-order valence-electron chi connectivity index (χ4n) is 10.7. The number of benzene rings is 9. The summed E-state index contributed by atoms with van der Waals surface area (Å²) in [6, 6.07) is 60.2. The molecular weight excluding hydrogens is 717 g/mol. The van der Waals surface area contributed by atoms with Crippen molar-refractivity contribution in [1.82, 2.24) is 9.13 Å². The Balaban J connectivity index is 1.18. The van der Waals surface area contributed by atoms with Crippen LogP contribution < -0.4 is 16.4 Å². The smallest absolute Gasteiger partial charge is 0.244 e. The van der Waals surface area contributed by atoms with Crippen molar-refractivity contribution in [2.75, 3.05) is 0 Å². The van der Waals surface area contributed by atoms with E-state index in [1.165, 1.54) is 59.5 Å². The van der Waals surface area contributed by atoms with Crippen molar-refractivity contribution in [2.24, 2.45) is 0 Å². The summed E-state index contributed by atoms with van der Waals surface area (Å²) in [4.78, 5) is 3.66. The molecule has 0 amide bonds. The summed E-state index contributed by atoms with van der Waals surface area (Å²) in [5, 5.41) is 29.9. The number of aromatic nitrogens is 2. The summed E-state index contributed by atoms with van der Waals surface area (Å²) < 4.78 is 4.64. The molecule has 0 atom stereocenters. The van der Waals surface area contributed by atoms with Crippen LogP contribution in [-0.4, -0.2) is 15.8 Å². The predicted molar refractivity (Wildman–Crippen MR) is 241 cm³/mol. The molecule has 13 rings (SSSR count). The minimum atomic E-state index is -0.0450. The van der Waals surface area contributed by atoms with E-state index in [2.05, 4.69) is 135 Å². The van der Waals surface area contributed by atoms with E-state index in [4.69, 9.17) is 6.57 Å². The van der Waals surface area contributed by atoms with Gasteiger partial charge in [0.2, 0.25) is 6.71 Å². The number of para-hydroxylation sites is 2. The molecule has 266 valence electrons. The van der Waals surface area contributed by atoms with Crippen LogP contribution in [0.4, 0.5) is 5.69 Å². The minimum absolute atomic E-state index is 0.0450. The maximum atomic E-state index is 10.7. The lowest BCUT2D eigenvalue weighted by atomic mass is 9.31. The van der Waals surface area contributed by atoms with E-state index >= 15 is 0 Å². The fraction of sp³-hybridized carbons (Fsp3) is 0. The largest absolute Gasteiger partial charge is 0.309 e. The van der Waals surface area contributed by atoms with Crippen LogP contribution in [0.5, 0.6) is 0 Å². The van der Waals surface area contributed by atoms with Gasteiger partial charge in [0.1, 0.15) is 0 Å². The molecule has 0 saturated carbocycles. The third-order valence-corrected chi connectivity index (χ3v) is 12.9. The van der Waals surface area contributed by atoms with Gasteiger partial charge in [0.15, 0.2) is 5.69 Å². The van der Waals surface area contributed by atoms with Gasteiger partial charge in [-0.1, -0.05) is 101 Å². The first-order valence-electron chi connectivity index (χ1n) is 19.7. The van der Waals surface area contributed by atoms with Gasteiger partial charge in [0.25, 0.3) is 0 Å². The molecule has 0 N–H and O–H groups in total. The van der Waals surface area contributed by atoms with E-state index in [0.717, 1.165) is 55.7 Å². The van der Waals surface area contributed by atoms with Crippen LogP contribution in [-0.2, 0) is 0 Å². The van der Waals surface area contributed by atoms with Crippen molar-refractivity contribution >= 4 is 93.9 Å². The van der Waals surface area contributed by atoms with Crippen molar-refractivity contribution in [2.45, 2.75) is 0 Å². The molecule has 2 aromatic heterocycles. The van der Waals surface area contributed by atoms with Crippen LogP contribution in [0.1, 0.15) is 11.1 Å². The van der Waals surface area contributed by atoms with E-state index in [1.807, 2.05) is 48.5 Å². The van der Waals surface area contributed by atoms with Crippen LogP contribution >= 0.6 is 0 Å². The maximum Gasteiger partial charge on any atom is 0.244 e. The van der Waals surface area contributed by atoms with E-state index in [1.54, 1.807) is 0 Å². The number of nitrogens with zero attached hydrogens (tertiary/aromatic N) is 5. The second-order valence-corrected chi connectivity index (χ2v) is 15.7. The molecule has 0 fully saturated rings. The zero-order valence-electron chi connectivity index (χ0n) is 31.3. The highest BCUT2D eigenvalue weighted by Gasteiger charge is 2.40. The normalized spacial score (nSPS) is 12.3. The molecule has 4 heterocycles. The van der Waals surface area contributed by atoms with E-state index in [-0.39, 0.29) is 6.71 Å². The summed E-state index contributed by atoms with van der Waals surface area (Å²) in [6.45, 7) is 7.53. The molecule has 5 nitrogen and oxygen atoms in total. The van der Waals surface area contributed by atoms with Gasteiger partial charge in [-0.2, -0.15) is 10.5 Å². The molecule has 0 saturated heterocycles. The first-order valence-corrected chi connectivity index (χ1v) is 19.7. The van der Waals surface area contributed by atoms with Crippen molar-refractivity contribution in [3.63, 3.8) is 0 Å². The Hall–Kier alpha value is -8.37. The highest BCUT2D eigenvalue weighted by Crippen LogP contribution is 2.47. The minimum Gasteiger partial charge on any atom is -0.309 e. The number of rotatable bonds is 2. The summed E-state index contributed by atoms with van der Waals surface area (Å²) in [5.41, 5.74) is 16.4. The molecular formula is C53H26BN5. The van der Waals surface area contributed by atoms with E-state index in [0.29, 0.717) is 16.8 Å². The SMILES string of the molecule is [C-]#[N+]c1ccc(-n2c3ccccc3c3c4cccc5c4c(cc32)-c2cc(C#N)cc3c2B5c2cccc4c2c-3cc2c4c3ccccc3n2-c2ccc(C#N)cc2)cc1. The Bertz CT molecular complexity index is 3620. The first-order chi connectivity index (χ1) is 29.1. The summed E-state index contributed by atoms with van der Waals surface area (Å²) in [5.74, 6) is 0. The van der Waals surface area contributed by atoms with Crippen molar-refractivity contribution in [3.8, 4) is 45.8 Å². The maximum absolute atomic E-state index is 10.7. The summed E-state index contributed by atoms with van der Waals surface area (Å²) in [7, 11) is 0. The quantitative estimate of drug-likeness (QED) is 0.131. The van der Waals surface area contributed by atoms with Gasteiger partial charge in [-0.3, -0.25) is 0 Å². The van der Waals surface area contributed by atoms with Crippen LogP contribution in [0.3, 0.4) is 0 Å². The third-order valence-electron chi connectivity index (χ3n) is 12.9.